The van der Waals surface area contributed by atoms with Crippen LogP contribution in [0.4, 0.5) is 0 Å². The third-order valence-corrected chi connectivity index (χ3v) is 4.87. The fourth-order valence-corrected chi connectivity index (χ4v) is 3.16. The number of fused-ring (bicyclic) bond motifs is 1. The highest BCUT2D eigenvalue weighted by atomic mass is 79.9. The van der Waals surface area contributed by atoms with Crippen molar-refractivity contribution in [1.82, 2.24) is 4.98 Å². The molecule has 1 aromatic carbocycles. The molecule has 0 spiro atoms. The Morgan fingerprint density at radius 2 is 1.80 bits per heavy atom. The Morgan fingerprint density at radius 1 is 1.10 bits per heavy atom. The van der Waals surface area contributed by atoms with Crippen LogP contribution in [0.15, 0.2) is 36.4 Å². The normalized spacial score (nSPS) is 15.2. The van der Waals surface area contributed by atoms with E-state index in [4.69, 9.17) is 4.98 Å². The van der Waals surface area contributed by atoms with E-state index >= 15 is 0 Å². The van der Waals surface area contributed by atoms with E-state index in [0.717, 1.165) is 11.9 Å². The molecule has 0 saturated heterocycles. The lowest BCUT2D eigenvalue weighted by molar-refractivity contribution is 0.246. The Kier molecular flexibility index (Phi) is 4.85. The molecule has 1 aromatic heterocycles. The minimum absolute atomic E-state index is 0.364. The van der Waals surface area contributed by atoms with Gasteiger partial charge < -0.3 is 0 Å². The van der Waals surface area contributed by atoms with Crippen molar-refractivity contribution >= 4 is 26.8 Å². The zero-order chi connectivity index (χ0) is 14.8. The van der Waals surface area contributed by atoms with Gasteiger partial charge in [-0.25, -0.2) is 0 Å². The average molecular weight is 334 g/mol. The van der Waals surface area contributed by atoms with Gasteiger partial charge in [0.2, 0.25) is 0 Å². The van der Waals surface area contributed by atoms with Gasteiger partial charge >= 0.3 is 0 Å². The summed E-state index contributed by atoms with van der Waals surface area (Å²) in [6.45, 7) is 9.27. The van der Waals surface area contributed by atoms with Crippen molar-refractivity contribution in [2.24, 2.45) is 11.3 Å². The van der Waals surface area contributed by atoms with E-state index in [1.807, 2.05) is 6.07 Å². The summed E-state index contributed by atoms with van der Waals surface area (Å²) in [6, 6.07) is 12.6. The molecule has 2 atom stereocenters. The molecular formula is C18H24BrN. The Labute approximate surface area is 130 Å². The maximum absolute atomic E-state index is 4.75. The third kappa shape index (κ3) is 4.05. The van der Waals surface area contributed by atoms with E-state index in [1.54, 1.807) is 0 Å². The maximum Gasteiger partial charge on any atom is 0.0705 e. The van der Waals surface area contributed by atoms with Crippen LogP contribution < -0.4 is 0 Å². The highest BCUT2D eigenvalue weighted by Gasteiger charge is 2.22. The largest absolute Gasteiger partial charge is 0.253 e. The van der Waals surface area contributed by atoms with Crippen LogP contribution in [0, 0.1) is 11.3 Å². The Hall–Kier alpha value is -0.890. The number of pyridine rings is 1. The van der Waals surface area contributed by atoms with Crippen LogP contribution in [0.2, 0.25) is 0 Å². The second-order valence-electron chi connectivity index (χ2n) is 6.80. The van der Waals surface area contributed by atoms with Crippen LogP contribution in [-0.2, 0) is 6.42 Å². The number of aromatic nitrogens is 1. The van der Waals surface area contributed by atoms with Gasteiger partial charge in [-0.2, -0.15) is 0 Å². The molecule has 0 amide bonds. The van der Waals surface area contributed by atoms with Gasteiger partial charge in [0.05, 0.1) is 5.52 Å². The van der Waals surface area contributed by atoms with E-state index in [2.05, 4.69) is 74.0 Å². The van der Waals surface area contributed by atoms with Gasteiger partial charge in [-0.3, -0.25) is 4.98 Å². The highest BCUT2D eigenvalue weighted by molar-refractivity contribution is 9.09. The predicted octanol–water partition coefficient (Wildman–Crippen LogP) is 5.61. The minimum Gasteiger partial charge on any atom is -0.253 e. The van der Waals surface area contributed by atoms with Crippen molar-refractivity contribution in [1.29, 1.82) is 0 Å². The van der Waals surface area contributed by atoms with Crippen LogP contribution in [0.5, 0.6) is 0 Å². The van der Waals surface area contributed by atoms with E-state index in [-0.39, 0.29) is 0 Å². The van der Waals surface area contributed by atoms with E-state index < -0.39 is 0 Å². The van der Waals surface area contributed by atoms with Crippen molar-refractivity contribution in [3.8, 4) is 0 Å². The lowest BCUT2D eigenvalue weighted by Gasteiger charge is -2.29. The summed E-state index contributed by atoms with van der Waals surface area (Å²) in [6.07, 6.45) is 2.17. The molecule has 2 aromatic rings. The van der Waals surface area contributed by atoms with Gasteiger partial charge in [-0.15, -0.1) is 0 Å². The van der Waals surface area contributed by atoms with Gasteiger partial charge in [0.1, 0.15) is 0 Å². The number of benzene rings is 1. The lowest BCUT2D eigenvalue weighted by Crippen LogP contribution is -2.21. The molecule has 0 N–H and O–H groups in total. The topological polar surface area (TPSA) is 12.9 Å². The molecule has 2 rings (SSSR count). The second kappa shape index (κ2) is 6.26. The van der Waals surface area contributed by atoms with Crippen molar-refractivity contribution < 1.29 is 0 Å². The summed E-state index contributed by atoms with van der Waals surface area (Å²) < 4.78 is 0. The molecule has 0 bridgehead atoms. The molecule has 0 aliphatic rings. The first-order valence-corrected chi connectivity index (χ1v) is 8.26. The Bertz CT molecular complexity index is 571. The molecule has 2 unspecified atom stereocenters. The molecular weight excluding hydrogens is 310 g/mol. The van der Waals surface area contributed by atoms with Crippen LogP contribution in [0.3, 0.4) is 0 Å². The lowest BCUT2D eigenvalue weighted by atomic mass is 9.79. The van der Waals surface area contributed by atoms with Crippen LogP contribution in [-0.4, -0.2) is 9.81 Å². The quantitative estimate of drug-likeness (QED) is 0.662. The smallest absolute Gasteiger partial charge is 0.0705 e. The molecule has 0 radical (unpaired) electrons. The van der Waals surface area contributed by atoms with Crippen molar-refractivity contribution in [3.05, 3.63) is 42.1 Å². The zero-order valence-electron chi connectivity index (χ0n) is 12.9. The van der Waals surface area contributed by atoms with Crippen LogP contribution in [0.1, 0.15) is 39.8 Å². The Balaban J connectivity index is 2.04. The number of hydrogen-bond acceptors (Lipinski definition) is 1. The molecule has 108 valence electrons. The van der Waals surface area contributed by atoms with E-state index in [0.29, 0.717) is 16.2 Å². The van der Waals surface area contributed by atoms with E-state index in [1.165, 1.54) is 17.5 Å². The van der Waals surface area contributed by atoms with Gasteiger partial charge in [-0.1, -0.05) is 67.9 Å². The molecule has 0 aliphatic carbocycles. The summed E-state index contributed by atoms with van der Waals surface area (Å²) in [4.78, 5) is 5.25. The summed E-state index contributed by atoms with van der Waals surface area (Å²) in [5, 5.41) is 1.21. The van der Waals surface area contributed by atoms with Crippen molar-refractivity contribution in [2.75, 3.05) is 0 Å². The number of hydrogen-bond donors (Lipinski definition) is 0. The fraction of sp³-hybridized carbons (Fsp3) is 0.500. The molecule has 0 aliphatic heterocycles. The Morgan fingerprint density at radius 3 is 2.50 bits per heavy atom. The molecule has 2 heteroatoms. The van der Waals surface area contributed by atoms with Crippen molar-refractivity contribution in [2.45, 2.75) is 45.4 Å². The molecule has 1 nitrogen and oxygen atoms in total. The molecule has 0 fully saturated rings. The SMILES string of the molecule is CC(CC(Br)Cc1ccc2ccccc2n1)C(C)(C)C. The second-order valence-corrected chi connectivity index (χ2v) is 8.09. The van der Waals surface area contributed by atoms with Crippen LogP contribution in [0.25, 0.3) is 10.9 Å². The first-order chi connectivity index (χ1) is 9.36. The summed E-state index contributed by atoms with van der Waals surface area (Å²) in [5.74, 6) is 0.687. The summed E-state index contributed by atoms with van der Waals surface area (Å²) in [5.41, 5.74) is 2.63. The summed E-state index contributed by atoms with van der Waals surface area (Å²) in [7, 11) is 0. The fourth-order valence-electron chi connectivity index (χ4n) is 2.27. The molecule has 20 heavy (non-hydrogen) atoms. The minimum atomic E-state index is 0.364. The highest BCUT2D eigenvalue weighted by Crippen LogP contribution is 2.31. The predicted molar refractivity (Wildman–Crippen MR) is 91.4 cm³/mol. The van der Waals surface area contributed by atoms with Gasteiger partial charge in [0.25, 0.3) is 0 Å². The maximum atomic E-state index is 4.75. The number of rotatable bonds is 4. The molecule has 1 heterocycles. The average Bonchev–Trinajstić information content (AvgIpc) is 2.37. The van der Waals surface area contributed by atoms with Gasteiger partial charge in [-0.05, 0) is 29.9 Å². The number of halogens is 1. The van der Waals surface area contributed by atoms with Crippen molar-refractivity contribution in [3.63, 3.8) is 0 Å². The van der Waals surface area contributed by atoms with Crippen LogP contribution >= 0.6 is 15.9 Å². The third-order valence-electron chi connectivity index (χ3n) is 4.17. The number of para-hydroxylation sites is 1. The number of nitrogens with zero attached hydrogens (tertiary/aromatic N) is 1. The monoisotopic (exact) mass is 333 g/mol. The first kappa shape index (κ1) is 15.5. The van der Waals surface area contributed by atoms with Gasteiger partial charge in [0.15, 0.2) is 0 Å². The molecule has 0 saturated carbocycles. The first-order valence-electron chi connectivity index (χ1n) is 7.35. The van der Waals surface area contributed by atoms with Gasteiger partial charge in [0, 0.05) is 22.3 Å². The zero-order valence-corrected chi connectivity index (χ0v) is 14.4. The standard InChI is InChI=1S/C18H24BrN/c1-13(18(2,3)4)11-15(19)12-16-10-9-14-7-5-6-8-17(14)20-16/h5-10,13,15H,11-12H2,1-4H3. The van der Waals surface area contributed by atoms with E-state index in [9.17, 15) is 0 Å². The number of alkyl halides is 1. The summed E-state index contributed by atoms with van der Waals surface area (Å²) >= 11 is 3.83.